The van der Waals surface area contributed by atoms with Crippen molar-refractivity contribution < 1.29 is 9.47 Å². The summed E-state index contributed by atoms with van der Waals surface area (Å²) in [5.74, 6) is 2.51. The molecule has 1 aliphatic carbocycles. The van der Waals surface area contributed by atoms with Gasteiger partial charge in [0.1, 0.15) is 5.75 Å². The van der Waals surface area contributed by atoms with Gasteiger partial charge in [-0.05, 0) is 54.2 Å². The highest BCUT2D eigenvalue weighted by molar-refractivity contribution is 5.27. The van der Waals surface area contributed by atoms with E-state index in [1.807, 2.05) is 0 Å². The van der Waals surface area contributed by atoms with Crippen LogP contribution >= 0.6 is 0 Å². The van der Waals surface area contributed by atoms with Crippen molar-refractivity contribution in [3.05, 3.63) is 29.8 Å². The first-order chi connectivity index (χ1) is 11.4. The zero-order chi connectivity index (χ0) is 17.6. The Hall–Kier alpha value is -1.02. The van der Waals surface area contributed by atoms with Crippen LogP contribution in [0.5, 0.6) is 5.75 Å². The average Bonchev–Trinajstić information content (AvgIpc) is 2.53. The lowest BCUT2D eigenvalue weighted by Crippen LogP contribution is -2.29. The summed E-state index contributed by atoms with van der Waals surface area (Å²) in [6.07, 6.45) is 7.10. The molecule has 1 saturated carbocycles. The number of rotatable bonds is 7. The Bertz CT molecular complexity index is 464. The van der Waals surface area contributed by atoms with Crippen LogP contribution in [0.15, 0.2) is 24.3 Å². The Morgan fingerprint density at radius 2 is 1.67 bits per heavy atom. The van der Waals surface area contributed by atoms with Crippen LogP contribution in [0.1, 0.15) is 72.3 Å². The van der Waals surface area contributed by atoms with Gasteiger partial charge in [0.25, 0.3) is 0 Å². The summed E-state index contributed by atoms with van der Waals surface area (Å²) in [6, 6.07) is 8.43. The molecule has 0 amide bonds. The van der Waals surface area contributed by atoms with Crippen LogP contribution in [0, 0.1) is 17.3 Å². The maximum Gasteiger partial charge on any atom is 0.200 e. The molecule has 0 heterocycles. The quantitative estimate of drug-likeness (QED) is 0.551. The second-order valence-electron chi connectivity index (χ2n) is 8.77. The van der Waals surface area contributed by atoms with E-state index < -0.39 is 0 Å². The molecule has 24 heavy (non-hydrogen) atoms. The molecule has 0 bridgehead atoms. The monoisotopic (exact) mass is 332 g/mol. The zero-order valence-electron chi connectivity index (χ0n) is 16.3. The molecule has 1 fully saturated rings. The Morgan fingerprint density at radius 3 is 2.21 bits per heavy atom. The minimum Gasteiger partial charge on any atom is -0.465 e. The minimum atomic E-state index is -0.156. The lowest BCUT2D eigenvalue weighted by atomic mass is 9.83. The largest absolute Gasteiger partial charge is 0.465 e. The van der Waals surface area contributed by atoms with E-state index in [-0.39, 0.29) is 11.7 Å². The van der Waals surface area contributed by atoms with E-state index >= 15 is 0 Å². The molecule has 0 aliphatic heterocycles. The van der Waals surface area contributed by atoms with Crippen molar-refractivity contribution in [3.8, 4) is 5.75 Å². The SMILES string of the molecule is CCc1ccc(OC(CC(C)(C)C)OCC2CCC(C)CC2)cc1. The molecule has 2 rings (SSSR count). The predicted molar refractivity (Wildman–Crippen MR) is 101 cm³/mol. The molecule has 2 nitrogen and oxygen atoms in total. The molecule has 0 radical (unpaired) electrons. The molecule has 0 spiro atoms. The van der Waals surface area contributed by atoms with E-state index in [2.05, 4.69) is 58.9 Å². The van der Waals surface area contributed by atoms with Gasteiger partial charge in [-0.25, -0.2) is 0 Å². The second kappa shape index (κ2) is 8.89. The Balaban J connectivity index is 1.90. The van der Waals surface area contributed by atoms with E-state index in [4.69, 9.17) is 9.47 Å². The van der Waals surface area contributed by atoms with Gasteiger partial charge in [0.05, 0.1) is 6.61 Å². The topological polar surface area (TPSA) is 18.5 Å². The van der Waals surface area contributed by atoms with Crippen molar-refractivity contribution in [1.82, 2.24) is 0 Å². The first kappa shape index (κ1) is 19.3. The molecule has 0 N–H and O–H groups in total. The van der Waals surface area contributed by atoms with E-state index in [1.54, 1.807) is 0 Å². The maximum absolute atomic E-state index is 6.23. The van der Waals surface area contributed by atoms with Crippen molar-refractivity contribution in [3.63, 3.8) is 0 Å². The predicted octanol–water partition coefficient (Wildman–Crippen LogP) is 6.23. The Morgan fingerprint density at radius 1 is 1.04 bits per heavy atom. The summed E-state index contributed by atoms with van der Waals surface area (Å²) in [6.45, 7) is 12.1. The van der Waals surface area contributed by atoms with E-state index in [0.29, 0.717) is 5.92 Å². The van der Waals surface area contributed by atoms with Crippen LogP contribution in [0.3, 0.4) is 0 Å². The van der Waals surface area contributed by atoms with Crippen molar-refractivity contribution >= 4 is 0 Å². The molecule has 136 valence electrons. The van der Waals surface area contributed by atoms with Crippen molar-refractivity contribution in [2.24, 2.45) is 17.3 Å². The third-order valence-electron chi connectivity index (χ3n) is 5.03. The van der Waals surface area contributed by atoms with Crippen LogP contribution in [0.25, 0.3) is 0 Å². The van der Waals surface area contributed by atoms with Crippen LogP contribution in [-0.2, 0) is 11.2 Å². The van der Waals surface area contributed by atoms with Gasteiger partial charge in [-0.3, -0.25) is 0 Å². The zero-order valence-corrected chi connectivity index (χ0v) is 16.3. The molecule has 2 heteroatoms. The lowest BCUT2D eigenvalue weighted by molar-refractivity contribution is -0.113. The van der Waals surface area contributed by atoms with Gasteiger partial charge in [0, 0.05) is 6.42 Å². The number of ether oxygens (including phenoxy) is 2. The van der Waals surface area contributed by atoms with E-state index in [1.165, 1.54) is 31.2 Å². The van der Waals surface area contributed by atoms with Gasteiger partial charge in [0.2, 0.25) is 0 Å². The summed E-state index contributed by atoms with van der Waals surface area (Å²) < 4.78 is 12.4. The first-order valence-electron chi connectivity index (χ1n) is 9.73. The van der Waals surface area contributed by atoms with Crippen LogP contribution in [0.4, 0.5) is 0 Å². The molecule has 1 aromatic carbocycles. The summed E-state index contributed by atoms with van der Waals surface area (Å²) in [5.41, 5.74) is 1.53. The molecule has 0 aromatic heterocycles. The maximum atomic E-state index is 6.23. The Labute approximate surface area is 148 Å². The fourth-order valence-electron chi connectivity index (χ4n) is 3.33. The molecular weight excluding hydrogens is 296 g/mol. The van der Waals surface area contributed by atoms with Crippen molar-refractivity contribution in [2.75, 3.05) is 6.61 Å². The number of hydrogen-bond donors (Lipinski definition) is 0. The summed E-state index contributed by atoms with van der Waals surface area (Å²) in [7, 11) is 0. The highest BCUT2D eigenvalue weighted by atomic mass is 16.7. The summed E-state index contributed by atoms with van der Waals surface area (Å²) in [4.78, 5) is 0. The van der Waals surface area contributed by atoms with Gasteiger partial charge in [0.15, 0.2) is 6.29 Å². The Kier molecular flexibility index (Phi) is 7.16. The molecule has 1 aromatic rings. The smallest absolute Gasteiger partial charge is 0.200 e. The molecule has 0 saturated heterocycles. The third-order valence-corrected chi connectivity index (χ3v) is 5.03. The summed E-state index contributed by atoms with van der Waals surface area (Å²) in [5, 5.41) is 0. The van der Waals surface area contributed by atoms with Crippen molar-refractivity contribution in [1.29, 1.82) is 0 Å². The summed E-state index contributed by atoms with van der Waals surface area (Å²) >= 11 is 0. The standard InChI is InChI=1S/C22H36O2/c1-6-18-11-13-20(14-12-18)24-21(15-22(3,4)5)23-16-19-9-7-17(2)8-10-19/h11-14,17,19,21H,6-10,15-16H2,1-5H3. The highest BCUT2D eigenvalue weighted by Crippen LogP contribution is 2.30. The van der Waals surface area contributed by atoms with Gasteiger partial charge in [-0.15, -0.1) is 0 Å². The molecule has 1 aliphatic rings. The van der Waals surface area contributed by atoms with Gasteiger partial charge in [-0.1, -0.05) is 59.6 Å². The van der Waals surface area contributed by atoms with E-state index in [0.717, 1.165) is 31.1 Å². The molecular formula is C22H36O2. The van der Waals surface area contributed by atoms with E-state index in [9.17, 15) is 0 Å². The lowest BCUT2D eigenvalue weighted by Gasteiger charge is -2.30. The first-order valence-corrected chi connectivity index (χ1v) is 9.73. The van der Waals surface area contributed by atoms with Crippen LogP contribution < -0.4 is 4.74 Å². The number of hydrogen-bond acceptors (Lipinski definition) is 2. The fraction of sp³-hybridized carbons (Fsp3) is 0.727. The average molecular weight is 333 g/mol. The van der Waals surface area contributed by atoms with Crippen LogP contribution in [0.2, 0.25) is 0 Å². The third kappa shape index (κ3) is 6.84. The van der Waals surface area contributed by atoms with Gasteiger partial charge >= 0.3 is 0 Å². The second-order valence-corrected chi connectivity index (χ2v) is 8.77. The van der Waals surface area contributed by atoms with Gasteiger partial charge in [-0.2, -0.15) is 0 Å². The van der Waals surface area contributed by atoms with Gasteiger partial charge < -0.3 is 9.47 Å². The molecule has 1 unspecified atom stereocenters. The van der Waals surface area contributed by atoms with Crippen molar-refractivity contribution in [2.45, 2.75) is 79.4 Å². The van der Waals surface area contributed by atoms with Crippen LogP contribution in [-0.4, -0.2) is 12.9 Å². The molecule has 1 atom stereocenters. The minimum absolute atomic E-state index is 0.156. The number of aryl methyl sites for hydroxylation is 1. The normalized spacial score (nSPS) is 23.0. The number of benzene rings is 1. The highest BCUT2D eigenvalue weighted by Gasteiger charge is 2.24. The fourth-order valence-corrected chi connectivity index (χ4v) is 3.33.